The molecule has 13 heavy (non-hydrogen) atoms. The van der Waals surface area contributed by atoms with E-state index in [-0.39, 0.29) is 0 Å². The Hall–Kier alpha value is -0.830. The maximum Gasteiger partial charge on any atom is 0.180 e. The molecule has 1 heterocycles. The maximum absolute atomic E-state index is 5.29. The van der Waals surface area contributed by atoms with Crippen LogP contribution in [0.3, 0.4) is 0 Å². The molecule has 3 heteroatoms. The first-order chi connectivity index (χ1) is 6.40. The topological polar surface area (TPSA) is 38.1 Å². The second-order valence-corrected chi connectivity index (χ2v) is 3.69. The third-order valence-electron chi connectivity index (χ3n) is 2.58. The van der Waals surface area contributed by atoms with Crippen molar-refractivity contribution in [1.29, 1.82) is 0 Å². The summed E-state index contributed by atoms with van der Waals surface area (Å²) in [6.07, 6.45) is 7.12. The molecule has 1 aromatic heterocycles. The van der Waals surface area contributed by atoms with Gasteiger partial charge < -0.3 is 9.73 Å². The molecule has 0 saturated heterocycles. The fraction of sp³-hybridized carbons (Fsp3) is 0.700. The van der Waals surface area contributed by atoms with Crippen LogP contribution in [0, 0.1) is 0 Å². The predicted molar refractivity (Wildman–Crippen MR) is 50.6 cm³/mol. The number of nitrogens with one attached hydrogen (secondary N) is 1. The second-order valence-electron chi connectivity index (χ2n) is 3.69. The average molecular weight is 180 g/mol. The van der Waals surface area contributed by atoms with Crippen LogP contribution in [0.5, 0.6) is 0 Å². The molecule has 0 radical (unpaired) electrons. The Kier molecular flexibility index (Phi) is 2.64. The summed E-state index contributed by atoms with van der Waals surface area (Å²) < 4.78 is 5.29. The molecule has 0 aromatic carbocycles. The van der Waals surface area contributed by atoms with Crippen molar-refractivity contribution in [2.24, 2.45) is 0 Å². The van der Waals surface area contributed by atoms with Gasteiger partial charge in [0.05, 0.1) is 6.20 Å². The highest BCUT2D eigenvalue weighted by molar-refractivity contribution is 5.00. The van der Waals surface area contributed by atoms with E-state index in [2.05, 4.69) is 17.2 Å². The largest absolute Gasteiger partial charge is 0.448 e. The van der Waals surface area contributed by atoms with Crippen molar-refractivity contribution in [3.8, 4) is 0 Å². The van der Waals surface area contributed by atoms with E-state index in [1.54, 1.807) is 0 Å². The molecular weight excluding hydrogens is 164 g/mol. The van der Waals surface area contributed by atoms with Gasteiger partial charge in [-0.2, -0.15) is 0 Å². The van der Waals surface area contributed by atoms with Gasteiger partial charge in [-0.3, -0.25) is 0 Å². The van der Waals surface area contributed by atoms with Crippen molar-refractivity contribution in [2.75, 3.05) is 6.54 Å². The van der Waals surface area contributed by atoms with E-state index in [4.69, 9.17) is 4.42 Å². The van der Waals surface area contributed by atoms with Gasteiger partial charge in [-0.25, -0.2) is 4.98 Å². The molecule has 3 nitrogen and oxygen atoms in total. The van der Waals surface area contributed by atoms with Gasteiger partial charge in [0.15, 0.2) is 6.39 Å². The number of hydrogen-bond acceptors (Lipinski definition) is 3. The zero-order valence-corrected chi connectivity index (χ0v) is 7.99. The summed E-state index contributed by atoms with van der Waals surface area (Å²) in [4.78, 5) is 3.94. The summed E-state index contributed by atoms with van der Waals surface area (Å²) in [5.41, 5.74) is 0. The molecule has 72 valence electrons. The van der Waals surface area contributed by atoms with E-state index >= 15 is 0 Å². The average Bonchev–Trinajstić information content (AvgIpc) is 2.81. The van der Waals surface area contributed by atoms with E-state index in [1.165, 1.54) is 19.2 Å². The molecule has 1 N–H and O–H groups in total. The quantitative estimate of drug-likeness (QED) is 0.752. The summed E-state index contributed by atoms with van der Waals surface area (Å²) in [5, 5.41) is 3.51. The van der Waals surface area contributed by atoms with Crippen LogP contribution >= 0.6 is 0 Å². The van der Waals surface area contributed by atoms with Gasteiger partial charge in [0.2, 0.25) is 0 Å². The highest BCUT2D eigenvalue weighted by Gasteiger charge is 2.22. The van der Waals surface area contributed by atoms with E-state index in [1.807, 2.05) is 6.20 Å². The van der Waals surface area contributed by atoms with Gasteiger partial charge in [0, 0.05) is 18.5 Å². The molecule has 1 unspecified atom stereocenters. The number of rotatable bonds is 5. The van der Waals surface area contributed by atoms with Crippen LogP contribution < -0.4 is 5.32 Å². The fourth-order valence-electron chi connectivity index (χ4n) is 1.47. The Morgan fingerprint density at radius 3 is 3.08 bits per heavy atom. The summed E-state index contributed by atoms with van der Waals surface area (Å²) in [6.45, 7) is 3.21. The Morgan fingerprint density at radius 2 is 2.54 bits per heavy atom. The minimum atomic E-state index is 0.489. The monoisotopic (exact) mass is 180 g/mol. The zero-order chi connectivity index (χ0) is 9.10. The zero-order valence-electron chi connectivity index (χ0n) is 7.99. The second kappa shape index (κ2) is 3.92. The predicted octanol–water partition coefficient (Wildman–Crippen LogP) is 1.92. The molecule has 2 rings (SSSR count). The molecule has 0 amide bonds. The minimum absolute atomic E-state index is 0.489. The van der Waals surface area contributed by atoms with Gasteiger partial charge in [-0.1, -0.05) is 6.92 Å². The molecule has 1 atom stereocenters. The lowest BCUT2D eigenvalue weighted by atomic mass is 10.0. The molecule has 1 saturated carbocycles. The molecule has 1 aliphatic rings. The Labute approximate surface area is 78.5 Å². The first-order valence-electron chi connectivity index (χ1n) is 5.02. The van der Waals surface area contributed by atoms with Crippen molar-refractivity contribution in [1.82, 2.24) is 10.3 Å². The molecule has 1 fully saturated rings. The van der Waals surface area contributed by atoms with Crippen LogP contribution in [0.1, 0.15) is 37.9 Å². The lowest BCUT2D eigenvalue weighted by molar-refractivity contribution is 0.434. The van der Waals surface area contributed by atoms with Crippen molar-refractivity contribution >= 4 is 0 Å². The first-order valence-corrected chi connectivity index (χ1v) is 5.02. The maximum atomic E-state index is 5.29. The summed E-state index contributed by atoms with van der Waals surface area (Å²) in [7, 11) is 0. The fourth-order valence-corrected chi connectivity index (χ4v) is 1.47. The third kappa shape index (κ3) is 2.31. The minimum Gasteiger partial charge on any atom is -0.448 e. The standard InChI is InChI=1S/C10H16N2O/c1-2-8(5-12-9-3-4-9)10-6-11-7-13-10/h6-9,12H,2-5H2,1H3. The van der Waals surface area contributed by atoms with E-state index < -0.39 is 0 Å². The third-order valence-corrected chi connectivity index (χ3v) is 2.58. The van der Waals surface area contributed by atoms with Crippen LogP contribution in [0.2, 0.25) is 0 Å². The Balaban J connectivity index is 1.85. The normalized spacial score (nSPS) is 18.8. The highest BCUT2D eigenvalue weighted by Crippen LogP contribution is 2.22. The SMILES string of the molecule is CCC(CNC1CC1)c1cnco1. The first kappa shape index (κ1) is 8.75. The Bertz CT molecular complexity index is 241. The van der Waals surface area contributed by atoms with Crippen LogP contribution in [-0.2, 0) is 0 Å². The van der Waals surface area contributed by atoms with Crippen molar-refractivity contribution in [3.05, 3.63) is 18.4 Å². The molecule has 0 bridgehead atoms. The lowest BCUT2D eigenvalue weighted by Gasteiger charge is -2.11. The van der Waals surface area contributed by atoms with E-state index in [9.17, 15) is 0 Å². The van der Waals surface area contributed by atoms with Crippen LogP contribution in [0.25, 0.3) is 0 Å². The van der Waals surface area contributed by atoms with Gasteiger partial charge in [0.25, 0.3) is 0 Å². The molecule has 1 aromatic rings. The van der Waals surface area contributed by atoms with Gasteiger partial charge in [0.1, 0.15) is 5.76 Å². The van der Waals surface area contributed by atoms with Crippen molar-refractivity contribution in [2.45, 2.75) is 38.1 Å². The summed E-state index contributed by atoms with van der Waals surface area (Å²) >= 11 is 0. The van der Waals surface area contributed by atoms with E-state index in [0.717, 1.165) is 24.8 Å². The lowest BCUT2D eigenvalue weighted by Crippen LogP contribution is -2.22. The number of aromatic nitrogens is 1. The molecule has 1 aliphatic carbocycles. The molecule has 0 spiro atoms. The number of nitrogens with zero attached hydrogens (tertiary/aromatic N) is 1. The Morgan fingerprint density at radius 1 is 1.69 bits per heavy atom. The molecule has 0 aliphatic heterocycles. The van der Waals surface area contributed by atoms with E-state index in [0.29, 0.717) is 5.92 Å². The summed E-state index contributed by atoms with van der Waals surface area (Å²) in [5.74, 6) is 1.50. The van der Waals surface area contributed by atoms with Crippen LogP contribution in [-0.4, -0.2) is 17.6 Å². The molecular formula is C10H16N2O. The number of hydrogen-bond donors (Lipinski definition) is 1. The van der Waals surface area contributed by atoms with Crippen LogP contribution in [0.15, 0.2) is 17.0 Å². The van der Waals surface area contributed by atoms with Crippen LogP contribution in [0.4, 0.5) is 0 Å². The van der Waals surface area contributed by atoms with Gasteiger partial charge in [-0.15, -0.1) is 0 Å². The number of oxazole rings is 1. The smallest absolute Gasteiger partial charge is 0.180 e. The van der Waals surface area contributed by atoms with Gasteiger partial charge >= 0.3 is 0 Å². The highest BCUT2D eigenvalue weighted by atomic mass is 16.3. The van der Waals surface area contributed by atoms with Crippen molar-refractivity contribution < 1.29 is 4.42 Å². The van der Waals surface area contributed by atoms with Crippen molar-refractivity contribution in [3.63, 3.8) is 0 Å². The van der Waals surface area contributed by atoms with Gasteiger partial charge in [-0.05, 0) is 19.3 Å². The summed E-state index contributed by atoms with van der Waals surface area (Å²) in [6, 6.07) is 0.775.